The largest absolute Gasteiger partial charge is 0.313 e. The van der Waals surface area contributed by atoms with Gasteiger partial charge in [-0.1, -0.05) is 13.3 Å². The highest BCUT2D eigenvalue weighted by atomic mass is 32.2. The minimum atomic E-state index is -2.85. The second-order valence-corrected chi connectivity index (χ2v) is 7.32. The van der Waals surface area contributed by atoms with Crippen molar-refractivity contribution in [2.45, 2.75) is 45.7 Å². The van der Waals surface area contributed by atoms with Crippen LogP contribution in [0.5, 0.6) is 0 Å². The van der Waals surface area contributed by atoms with Crippen LogP contribution in [-0.4, -0.2) is 57.5 Å². The fourth-order valence-corrected chi connectivity index (χ4v) is 2.21. The molecule has 0 bridgehead atoms. The predicted octanol–water partition coefficient (Wildman–Crippen LogP) is 1.13. The van der Waals surface area contributed by atoms with Crippen molar-refractivity contribution in [2.24, 2.45) is 0 Å². The molecule has 0 aromatic carbocycles. The second-order valence-electron chi connectivity index (χ2n) is 5.06. The maximum absolute atomic E-state index is 11.1. The first-order valence-corrected chi connectivity index (χ1v) is 8.43. The van der Waals surface area contributed by atoms with Crippen LogP contribution < -0.4 is 5.32 Å². The molecule has 0 radical (unpaired) electrons. The first kappa shape index (κ1) is 16.9. The fourth-order valence-electron chi connectivity index (χ4n) is 1.59. The normalized spacial score (nSPS) is 16.1. The van der Waals surface area contributed by atoms with E-state index in [1.54, 1.807) is 0 Å². The van der Waals surface area contributed by atoms with Gasteiger partial charge in [0.05, 0.1) is 5.75 Å². The van der Waals surface area contributed by atoms with Crippen LogP contribution in [0.15, 0.2) is 0 Å². The van der Waals surface area contributed by atoms with Crippen molar-refractivity contribution in [3.63, 3.8) is 0 Å². The summed E-state index contributed by atoms with van der Waals surface area (Å²) in [4.78, 5) is 2.09. The van der Waals surface area contributed by atoms with Gasteiger partial charge in [-0.2, -0.15) is 0 Å². The third kappa shape index (κ3) is 9.56. The standard InChI is InChI=1S/C12H28N2O2S/c1-6-7-11(2)13-10-12(3)14(4)8-9-17(5,15)16/h11-13H,6-10H2,1-5H3. The van der Waals surface area contributed by atoms with Gasteiger partial charge in [-0.25, -0.2) is 8.42 Å². The summed E-state index contributed by atoms with van der Waals surface area (Å²) in [5.74, 6) is 0.234. The number of rotatable bonds is 9. The number of likely N-dealkylation sites (N-methyl/N-ethyl adjacent to an activating group) is 1. The molecule has 0 heterocycles. The molecule has 2 atom stereocenters. The molecule has 0 aliphatic rings. The lowest BCUT2D eigenvalue weighted by atomic mass is 10.2. The van der Waals surface area contributed by atoms with Crippen molar-refractivity contribution in [3.05, 3.63) is 0 Å². The molecule has 0 aromatic heterocycles. The third-order valence-electron chi connectivity index (χ3n) is 3.05. The molecule has 0 aromatic rings. The Hall–Kier alpha value is -0.130. The molecule has 0 amide bonds. The zero-order chi connectivity index (χ0) is 13.5. The van der Waals surface area contributed by atoms with E-state index in [-0.39, 0.29) is 5.75 Å². The van der Waals surface area contributed by atoms with Crippen molar-refractivity contribution >= 4 is 9.84 Å². The van der Waals surface area contributed by atoms with Crippen LogP contribution >= 0.6 is 0 Å². The average Bonchev–Trinajstić information content (AvgIpc) is 2.22. The topological polar surface area (TPSA) is 49.4 Å². The summed E-state index contributed by atoms with van der Waals surface area (Å²) in [6.45, 7) is 7.99. The van der Waals surface area contributed by atoms with E-state index in [0.29, 0.717) is 18.6 Å². The van der Waals surface area contributed by atoms with Crippen LogP contribution in [0.3, 0.4) is 0 Å². The van der Waals surface area contributed by atoms with E-state index in [1.165, 1.54) is 19.1 Å². The maximum Gasteiger partial charge on any atom is 0.148 e. The number of nitrogens with one attached hydrogen (secondary N) is 1. The summed E-state index contributed by atoms with van der Waals surface area (Å²) in [6.07, 6.45) is 3.65. The summed E-state index contributed by atoms with van der Waals surface area (Å²) in [5, 5.41) is 3.47. The van der Waals surface area contributed by atoms with Crippen molar-refractivity contribution in [2.75, 3.05) is 32.1 Å². The van der Waals surface area contributed by atoms with E-state index in [1.807, 2.05) is 7.05 Å². The van der Waals surface area contributed by atoms with E-state index >= 15 is 0 Å². The Morgan fingerprint density at radius 3 is 2.35 bits per heavy atom. The highest BCUT2D eigenvalue weighted by Crippen LogP contribution is 1.99. The van der Waals surface area contributed by atoms with Gasteiger partial charge >= 0.3 is 0 Å². The van der Waals surface area contributed by atoms with Gasteiger partial charge in [0, 0.05) is 31.4 Å². The minimum Gasteiger partial charge on any atom is -0.313 e. The zero-order valence-electron chi connectivity index (χ0n) is 11.9. The van der Waals surface area contributed by atoms with Gasteiger partial charge in [0.15, 0.2) is 0 Å². The molecular formula is C12H28N2O2S. The molecule has 0 saturated carbocycles. The molecule has 0 aliphatic carbocycles. The molecule has 1 N–H and O–H groups in total. The van der Waals surface area contributed by atoms with Crippen molar-refractivity contribution in [3.8, 4) is 0 Å². The second kappa shape index (κ2) is 8.06. The van der Waals surface area contributed by atoms with Crippen molar-refractivity contribution < 1.29 is 8.42 Å². The number of hydrogen-bond acceptors (Lipinski definition) is 4. The lowest BCUT2D eigenvalue weighted by Gasteiger charge is -2.26. The molecule has 0 rings (SSSR count). The molecular weight excluding hydrogens is 236 g/mol. The summed E-state index contributed by atoms with van der Waals surface area (Å²) in [7, 11) is -0.880. The average molecular weight is 264 g/mol. The molecule has 104 valence electrons. The van der Waals surface area contributed by atoms with Gasteiger partial charge in [0.2, 0.25) is 0 Å². The molecule has 2 unspecified atom stereocenters. The van der Waals surface area contributed by atoms with Gasteiger partial charge in [0.1, 0.15) is 9.84 Å². The van der Waals surface area contributed by atoms with E-state index < -0.39 is 9.84 Å². The Morgan fingerprint density at radius 2 is 1.88 bits per heavy atom. The van der Waals surface area contributed by atoms with Crippen LogP contribution in [0, 0.1) is 0 Å². The van der Waals surface area contributed by atoms with Gasteiger partial charge in [0.25, 0.3) is 0 Å². The fraction of sp³-hybridized carbons (Fsp3) is 1.00. The number of nitrogens with zero attached hydrogens (tertiary/aromatic N) is 1. The van der Waals surface area contributed by atoms with Crippen LogP contribution in [-0.2, 0) is 9.84 Å². The SMILES string of the molecule is CCCC(C)NCC(C)N(C)CCS(C)(=O)=O. The molecule has 0 fully saturated rings. The van der Waals surface area contributed by atoms with Crippen LogP contribution in [0.1, 0.15) is 33.6 Å². The lowest BCUT2D eigenvalue weighted by molar-refractivity contribution is 0.257. The molecule has 0 aliphatic heterocycles. The quantitative estimate of drug-likeness (QED) is 0.678. The summed E-state index contributed by atoms with van der Waals surface area (Å²) in [5.41, 5.74) is 0. The highest BCUT2D eigenvalue weighted by Gasteiger charge is 2.12. The summed E-state index contributed by atoms with van der Waals surface area (Å²) in [6, 6.07) is 0.891. The molecule has 0 saturated heterocycles. The third-order valence-corrected chi connectivity index (χ3v) is 3.97. The van der Waals surface area contributed by atoms with Gasteiger partial charge in [-0.05, 0) is 27.3 Å². The Kier molecular flexibility index (Phi) is 8.00. The molecule has 4 nitrogen and oxygen atoms in total. The Balaban J connectivity index is 3.85. The Bertz CT molecular complexity index is 291. The number of hydrogen-bond donors (Lipinski definition) is 1. The van der Waals surface area contributed by atoms with E-state index in [9.17, 15) is 8.42 Å². The maximum atomic E-state index is 11.1. The predicted molar refractivity (Wildman–Crippen MR) is 74.2 cm³/mol. The van der Waals surface area contributed by atoms with Gasteiger partial charge in [-0.15, -0.1) is 0 Å². The Morgan fingerprint density at radius 1 is 1.29 bits per heavy atom. The first-order valence-electron chi connectivity index (χ1n) is 6.37. The molecule has 5 heteroatoms. The van der Waals surface area contributed by atoms with Gasteiger partial charge in [-0.3, -0.25) is 0 Å². The molecule has 0 spiro atoms. The van der Waals surface area contributed by atoms with Crippen molar-refractivity contribution in [1.29, 1.82) is 0 Å². The van der Waals surface area contributed by atoms with Gasteiger partial charge < -0.3 is 10.2 Å². The van der Waals surface area contributed by atoms with E-state index in [4.69, 9.17) is 0 Å². The molecule has 17 heavy (non-hydrogen) atoms. The number of sulfone groups is 1. The minimum absolute atomic E-state index is 0.234. The summed E-state index contributed by atoms with van der Waals surface area (Å²) >= 11 is 0. The monoisotopic (exact) mass is 264 g/mol. The summed E-state index contributed by atoms with van der Waals surface area (Å²) < 4.78 is 22.1. The highest BCUT2D eigenvalue weighted by molar-refractivity contribution is 7.90. The van der Waals surface area contributed by atoms with Crippen LogP contribution in [0.4, 0.5) is 0 Å². The van der Waals surface area contributed by atoms with E-state index in [2.05, 4.69) is 31.0 Å². The first-order chi connectivity index (χ1) is 7.76. The van der Waals surface area contributed by atoms with Crippen LogP contribution in [0.25, 0.3) is 0 Å². The van der Waals surface area contributed by atoms with Crippen molar-refractivity contribution in [1.82, 2.24) is 10.2 Å². The van der Waals surface area contributed by atoms with E-state index in [0.717, 1.165) is 6.54 Å². The Labute approximate surface area is 107 Å². The van der Waals surface area contributed by atoms with Crippen LogP contribution in [0.2, 0.25) is 0 Å². The smallest absolute Gasteiger partial charge is 0.148 e. The lowest BCUT2D eigenvalue weighted by Crippen LogP contribution is -2.42. The zero-order valence-corrected chi connectivity index (χ0v) is 12.7.